The number of nitrogens with one attached hydrogen (secondary N) is 1. The number of rotatable bonds is 5. The number of carbonyl (C=O) groups excluding carboxylic acids is 1. The van der Waals surface area contributed by atoms with Gasteiger partial charge in [0.1, 0.15) is 23.1 Å². The zero-order valence-electron chi connectivity index (χ0n) is 13.0. The Bertz CT molecular complexity index is 709. The van der Waals surface area contributed by atoms with Crippen LogP contribution in [0, 0.1) is 6.92 Å². The van der Waals surface area contributed by atoms with Gasteiger partial charge in [-0.25, -0.2) is 13.2 Å². The lowest BCUT2D eigenvalue weighted by atomic mass is 10.0. The number of furan rings is 1. The van der Waals surface area contributed by atoms with E-state index in [-0.39, 0.29) is 17.9 Å². The maximum absolute atomic E-state index is 12.3. The predicted molar refractivity (Wildman–Crippen MR) is 81.4 cm³/mol. The Morgan fingerprint density at radius 3 is 2.70 bits per heavy atom. The summed E-state index contributed by atoms with van der Waals surface area (Å²) >= 11 is 0. The van der Waals surface area contributed by atoms with Gasteiger partial charge in [-0.1, -0.05) is 6.42 Å². The largest absolute Gasteiger partial charge is 0.478 e. The minimum absolute atomic E-state index is 0.0149. The Labute approximate surface area is 134 Å². The molecule has 0 aliphatic carbocycles. The average Bonchev–Trinajstić information content (AvgIpc) is 2.85. The van der Waals surface area contributed by atoms with Gasteiger partial charge in [-0.2, -0.15) is 4.31 Å². The van der Waals surface area contributed by atoms with Crippen LogP contribution in [0.25, 0.3) is 0 Å². The van der Waals surface area contributed by atoms with Crippen LogP contribution < -0.4 is 5.32 Å². The molecule has 1 aliphatic rings. The predicted octanol–water partition coefficient (Wildman–Crippen LogP) is 0.717. The van der Waals surface area contributed by atoms with Gasteiger partial charge >= 0.3 is 5.97 Å². The summed E-state index contributed by atoms with van der Waals surface area (Å²) in [5.41, 5.74) is 0.0460. The average molecular weight is 344 g/mol. The van der Waals surface area contributed by atoms with Crippen molar-refractivity contribution >= 4 is 21.9 Å². The summed E-state index contributed by atoms with van der Waals surface area (Å²) in [5, 5.41) is 11.6. The summed E-state index contributed by atoms with van der Waals surface area (Å²) in [6.45, 7) is 1.88. The highest BCUT2D eigenvalue weighted by Gasteiger charge is 2.34. The van der Waals surface area contributed by atoms with E-state index in [4.69, 9.17) is 9.52 Å². The van der Waals surface area contributed by atoms with E-state index in [0.717, 1.165) is 19.1 Å². The number of hydrogen-bond donors (Lipinski definition) is 2. The van der Waals surface area contributed by atoms with Crippen molar-refractivity contribution in [1.82, 2.24) is 9.62 Å². The van der Waals surface area contributed by atoms with Crippen molar-refractivity contribution < 1.29 is 27.5 Å². The molecular formula is C14H20N2O6S. The van der Waals surface area contributed by atoms with Crippen LogP contribution in [0.1, 0.15) is 41.1 Å². The molecule has 1 aromatic rings. The fourth-order valence-electron chi connectivity index (χ4n) is 2.70. The number of hydrogen-bond acceptors (Lipinski definition) is 5. The third-order valence-electron chi connectivity index (χ3n) is 3.82. The Kier molecular flexibility index (Phi) is 5.10. The molecule has 1 amide bonds. The van der Waals surface area contributed by atoms with Gasteiger partial charge in [0.2, 0.25) is 15.9 Å². The van der Waals surface area contributed by atoms with Gasteiger partial charge in [-0.3, -0.25) is 4.79 Å². The first kappa shape index (κ1) is 17.5. The summed E-state index contributed by atoms with van der Waals surface area (Å²) in [4.78, 5) is 23.2. The van der Waals surface area contributed by atoms with Crippen molar-refractivity contribution in [3.63, 3.8) is 0 Å². The molecule has 0 saturated carbocycles. The maximum atomic E-state index is 12.3. The fourth-order valence-corrected chi connectivity index (χ4v) is 3.82. The quantitative estimate of drug-likeness (QED) is 0.813. The lowest BCUT2D eigenvalue weighted by Gasteiger charge is -2.32. The van der Waals surface area contributed by atoms with Gasteiger partial charge < -0.3 is 14.8 Å². The second kappa shape index (κ2) is 6.71. The normalized spacial score (nSPS) is 19.5. The molecule has 1 aromatic heterocycles. The SMILES string of the molecule is Cc1oc(CNC(=O)C2CCCCN2S(C)(=O)=O)cc1C(=O)O. The lowest BCUT2D eigenvalue weighted by molar-refractivity contribution is -0.125. The van der Waals surface area contributed by atoms with Gasteiger partial charge in [0, 0.05) is 6.54 Å². The molecule has 128 valence electrons. The molecule has 1 unspecified atom stereocenters. The van der Waals surface area contributed by atoms with Gasteiger partial charge in [0.05, 0.1) is 12.8 Å². The smallest absolute Gasteiger partial charge is 0.339 e. The zero-order chi connectivity index (χ0) is 17.2. The van der Waals surface area contributed by atoms with Crippen molar-refractivity contribution in [2.45, 2.75) is 38.8 Å². The van der Waals surface area contributed by atoms with E-state index >= 15 is 0 Å². The molecule has 0 bridgehead atoms. The number of sulfonamides is 1. The first-order valence-electron chi connectivity index (χ1n) is 7.27. The van der Waals surface area contributed by atoms with E-state index in [1.165, 1.54) is 17.3 Å². The second-order valence-electron chi connectivity index (χ2n) is 5.59. The van der Waals surface area contributed by atoms with Crippen molar-refractivity contribution in [3.05, 3.63) is 23.2 Å². The molecule has 0 spiro atoms. The summed E-state index contributed by atoms with van der Waals surface area (Å²) in [6, 6.07) is 0.626. The first-order chi connectivity index (χ1) is 10.7. The number of carboxylic acid groups (broad SMARTS) is 1. The van der Waals surface area contributed by atoms with Crippen LogP contribution in [0.3, 0.4) is 0 Å². The zero-order valence-corrected chi connectivity index (χ0v) is 13.9. The molecule has 2 heterocycles. The molecule has 23 heavy (non-hydrogen) atoms. The number of aromatic carboxylic acids is 1. The summed E-state index contributed by atoms with van der Waals surface area (Å²) < 4.78 is 30.0. The van der Waals surface area contributed by atoms with Crippen LogP contribution in [-0.4, -0.2) is 48.5 Å². The molecule has 8 nitrogen and oxygen atoms in total. The number of piperidine rings is 1. The first-order valence-corrected chi connectivity index (χ1v) is 9.12. The highest BCUT2D eigenvalue weighted by atomic mass is 32.2. The van der Waals surface area contributed by atoms with Crippen LogP contribution in [-0.2, 0) is 21.4 Å². The van der Waals surface area contributed by atoms with Gasteiger partial charge in [0.15, 0.2) is 0 Å². The standard InChI is InChI=1S/C14H20N2O6S/c1-9-11(14(18)19)7-10(22-9)8-15-13(17)12-5-3-4-6-16(12)23(2,20)21/h7,12H,3-6,8H2,1-2H3,(H,15,17)(H,18,19). The van der Waals surface area contributed by atoms with Crippen molar-refractivity contribution in [3.8, 4) is 0 Å². The number of aryl methyl sites for hydroxylation is 1. The van der Waals surface area contributed by atoms with Crippen LogP contribution in [0.15, 0.2) is 10.5 Å². The molecule has 2 N–H and O–H groups in total. The third-order valence-corrected chi connectivity index (χ3v) is 5.11. The van der Waals surface area contributed by atoms with E-state index in [1.807, 2.05) is 0 Å². The molecule has 1 saturated heterocycles. The van der Waals surface area contributed by atoms with Crippen molar-refractivity contribution in [2.75, 3.05) is 12.8 Å². The highest BCUT2D eigenvalue weighted by molar-refractivity contribution is 7.88. The van der Waals surface area contributed by atoms with E-state index in [9.17, 15) is 18.0 Å². The molecule has 1 atom stereocenters. The molecule has 0 radical (unpaired) electrons. The van der Waals surface area contributed by atoms with Crippen molar-refractivity contribution in [1.29, 1.82) is 0 Å². The van der Waals surface area contributed by atoms with Crippen LogP contribution >= 0.6 is 0 Å². The number of nitrogens with zero attached hydrogens (tertiary/aromatic N) is 1. The Hall–Kier alpha value is -1.87. The molecule has 9 heteroatoms. The second-order valence-corrected chi connectivity index (χ2v) is 7.53. The third kappa shape index (κ3) is 4.11. The maximum Gasteiger partial charge on any atom is 0.339 e. The number of carboxylic acids is 1. The minimum Gasteiger partial charge on any atom is -0.478 e. The topological polar surface area (TPSA) is 117 Å². The number of carbonyl (C=O) groups is 2. The minimum atomic E-state index is -3.45. The lowest BCUT2D eigenvalue weighted by Crippen LogP contribution is -2.51. The number of amides is 1. The van der Waals surface area contributed by atoms with Crippen LogP contribution in [0.4, 0.5) is 0 Å². The summed E-state index contributed by atoms with van der Waals surface area (Å²) in [5.74, 6) is -0.924. The van der Waals surface area contributed by atoms with Gasteiger partial charge in [-0.05, 0) is 25.8 Å². The Morgan fingerprint density at radius 2 is 2.13 bits per heavy atom. The summed E-state index contributed by atoms with van der Waals surface area (Å²) in [7, 11) is -3.45. The van der Waals surface area contributed by atoms with E-state index in [2.05, 4.69) is 5.32 Å². The monoisotopic (exact) mass is 344 g/mol. The van der Waals surface area contributed by atoms with E-state index in [0.29, 0.717) is 18.7 Å². The van der Waals surface area contributed by atoms with Crippen molar-refractivity contribution in [2.24, 2.45) is 0 Å². The Balaban J connectivity index is 2.03. The molecule has 1 aliphatic heterocycles. The summed E-state index contributed by atoms with van der Waals surface area (Å²) in [6.07, 6.45) is 3.08. The van der Waals surface area contributed by atoms with E-state index < -0.39 is 27.9 Å². The molecular weight excluding hydrogens is 324 g/mol. The molecule has 2 rings (SSSR count). The van der Waals surface area contributed by atoms with Crippen LogP contribution in [0.2, 0.25) is 0 Å². The van der Waals surface area contributed by atoms with Gasteiger partial charge in [-0.15, -0.1) is 0 Å². The Morgan fingerprint density at radius 1 is 1.43 bits per heavy atom. The molecule has 1 fully saturated rings. The van der Waals surface area contributed by atoms with E-state index in [1.54, 1.807) is 0 Å². The highest BCUT2D eigenvalue weighted by Crippen LogP contribution is 2.20. The molecule has 0 aromatic carbocycles. The van der Waals surface area contributed by atoms with Crippen LogP contribution in [0.5, 0.6) is 0 Å². The fraction of sp³-hybridized carbons (Fsp3) is 0.571. The van der Waals surface area contributed by atoms with Gasteiger partial charge in [0.25, 0.3) is 0 Å².